The third-order valence-corrected chi connectivity index (χ3v) is 3.22. The second-order valence-corrected chi connectivity index (χ2v) is 4.33. The van der Waals surface area contributed by atoms with Gasteiger partial charge >= 0.3 is 0 Å². The highest BCUT2D eigenvalue weighted by molar-refractivity contribution is 5.86. The first kappa shape index (κ1) is 10.1. The molecule has 0 saturated heterocycles. The van der Waals surface area contributed by atoms with Crippen molar-refractivity contribution >= 4 is 11.0 Å². The van der Waals surface area contributed by atoms with E-state index in [9.17, 15) is 0 Å². The highest BCUT2D eigenvalue weighted by Crippen LogP contribution is 2.28. The molecule has 0 fully saturated rings. The molecule has 0 unspecified atom stereocenters. The monoisotopic (exact) mass is 222 g/mol. The molecule has 0 bridgehead atoms. The second kappa shape index (κ2) is 3.74. The van der Waals surface area contributed by atoms with Crippen molar-refractivity contribution in [3.63, 3.8) is 0 Å². The summed E-state index contributed by atoms with van der Waals surface area (Å²) in [4.78, 5) is 4.38. The second-order valence-electron chi connectivity index (χ2n) is 4.33. The summed E-state index contributed by atoms with van der Waals surface area (Å²) in [7, 11) is 2.04. The Labute approximate surface area is 101 Å². The molecule has 0 radical (unpaired) electrons. The van der Waals surface area contributed by atoms with Gasteiger partial charge in [-0.1, -0.05) is 36.4 Å². The number of fused-ring (bicyclic) bond motifs is 1. The molecule has 2 nitrogen and oxygen atoms in total. The Morgan fingerprint density at radius 3 is 2.53 bits per heavy atom. The molecule has 0 N–H and O–H groups in total. The van der Waals surface area contributed by atoms with Gasteiger partial charge in [-0.05, 0) is 29.7 Å². The van der Waals surface area contributed by atoms with Gasteiger partial charge < -0.3 is 4.57 Å². The molecule has 0 saturated carbocycles. The molecule has 1 heterocycles. The molecule has 84 valence electrons. The van der Waals surface area contributed by atoms with E-state index in [0.717, 1.165) is 5.52 Å². The molecule has 0 aliphatic rings. The molecule has 17 heavy (non-hydrogen) atoms. The Morgan fingerprint density at radius 2 is 1.76 bits per heavy atom. The van der Waals surface area contributed by atoms with Crippen LogP contribution in [0.1, 0.15) is 5.56 Å². The van der Waals surface area contributed by atoms with Crippen LogP contribution in [0.4, 0.5) is 0 Å². The summed E-state index contributed by atoms with van der Waals surface area (Å²) in [6.07, 6.45) is 1.87. The molecule has 0 amide bonds. The van der Waals surface area contributed by atoms with E-state index in [4.69, 9.17) is 0 Å². The Morgan fingerprint density at radius 1 is 1.00 bits per heavy atom. The van der Waals surface area contributed by atoms with Crippen LogP contribution in [0.3, 0.4) is 0 Å². The Balaban J connectivity index is 2.32. The van der Waals surface area contributed by atoms with Crippen molar-refractivity contribution in [2.45, 2.75) is 6.92 Å². The molecule has 0 aliphatic heterocycles. The predicted octanol–water partition coefficient (Wildman–Crippen LogP) is 3.55. The normalized spacial score (nSPS) is 10.9. The number of hydrogen-bond acceptors (Lipinski definition) is 1. The van der Waals surface area contributed by atoms with Gasteiger partial charge in [0.2, 0.25) is 0 Å². The van der Waals surface area contributed by atoms with E-state index in [1.54, 1.807) is 0 Å². The summed E-state index contributed by atoms with van der Waals surface area (Å²) in [5.74, 6) is 0. The fourth-order valence-electron chi connectivity index (χ4n) is 2.37. The maximum atomic E-state index is 4.38. The number of hydrogen-bond donors (Lipinski definition) is 0. The maximum absolute atomic E-state index is 4.38. The van der Waals surface area contributed by atoms with E-state index in [1.807, 2.05) is 19.4 Å². The van der Waals surface area contributed by atoms with E-state index >= 15 is 0 Å². The molecule has 0 spiro atoms. The topological polar surface area (TPSA) is 17.8 Å². The lowest BCUT2D eigenvalue weighted by Gasteiger charge is -2.08. The zero-order valence-corrected chi connectivity index (χ0v) is 10.0. The summed E-state index contributed by atoms with van der Waals surface area (Å²) < 4.78 is 2.08. The summed E-state index contributed by atoms with van der Waals surface area (Å²) in [6, 6.07) is 14.7. The maximum Gasteiger partial charge on any atom is 0.0955 e. The molecule has 2 heteroatoms. The fourth-order valence-corrected chi connectivity index (χ4v) is 2.37. The van der Waals surface area contributed by atoms with Crippen LogP contribution in [0.25, 0.3) is 22.2 Å². The van der Waals surface area contributed by atoms with Crippen LogP contribution in [0, 0.1) is 6.92 Å². The number of rotatable bonds is 1. The first-order valence-corrected chi connectivity index (χ1v) is 5.73. The summed E-state index contributed by atoms with van der Waals surface area (Å²) in [5, 5.41) is 0. The van der Waals surface area contributed by atoms with Crippen LogP contribution < -0.4 is 0 Å². The van der Waals surface area contributed by atoms with Crippen molar-refractivity contribution in [3.8, 4) is 11.1 Å². The molecule has 0 atom stereocenters. The number of nitrogens with zero attached hydrogens (tertiary/aromatic N) is 2. The van der Waals surface area contributed by atoms with Crippen molar-refractivity contribution < 1.29 is 0 Å². The van der Waals surface area contributed by atoms with E-state index in [0.29, 0.717) is 0 Å². The Hall–Kier alpha value is -2.09. The molecule has 3 rings (SSSR count). The molecular weight excluding hydrogens is 208 g/mol. The van der Waals surface area contributed by atoms with E-state index < -0.39 is 0 Å². The first-order valence-electron chi connectivity index (χ1n) is 5.73. The minimum Gasteiger partial charge on any atom is -0.333 e. The van der Waals surface area contributed by atoms with Crippen molar-refractivity contribution in [1.29, 1.82) is 0 Å². The van der Waals surface area contributed by atoms with Crippen LogP contribution in [0.2, 0.25) is 0 Å². The smallest absolute Gasteiger partial charge is 0.0955 e. The van der Waals surface area contributed by atoms with Gasteiger partial charge in [0, 0.05) is 7.05 Å². The third kappa shape index (κ3) is 1.53. The number of aromatic nitrogens is 2. The van der Waals surface area contributed by atoms with Gasteiger partial charge in [0.25, 0.3) is 0 Å². The summed E-state index contributed by atoms with van der Waals surface area (Å²) in [6.45, 7) is 2.16. The van der Waals surface area contributed by atoms with Gasteiger partial charge in [-0.25, -0.2) is 4.98 Å². The van der Waals surface area contributed by atoms with E-state index in [-0.39, 0.29) is 0 Å². The minimum atomic E-state index is 1.06. The number of imidazole rings is 1. The lowest BCUT2D eigenvalue weighted by atomic mass is 9.99. The average Bonchev–Trinajstić information content (AvgIpc) is 2.73. The lowest BCUT2D eigenvalue weighted by Crippen LogP contribution is -1.90. The largest absolute Gasteiger partial charge is 0.333 e. The highest BCUT2D eigenvalue weighted by Gasteiger charge is 2.08. The molecular formula is C15H14N2. The Bertz CT molecular complexity index is 666. The van der Waals surface area contributed by atoms with Gasteiger partial charge in [-0.3, -0.25) is 0 Å². The Kier molecular flexibility index (Phi) is 2.22. The molecule has 1 aromatic heterocycles. The standard InChI is InChI=1S/C15H14N2/c1-11-13(12-6-4-3-5-7-12)8-9-14-15(11)17(2)10-16-14/h3-10H,1-2H3. The lowest BCUT2D eigenvalue weighted by molar-refractivity contribution is 0.944. The van der Waals surface area contributed by atoms with Crippen LogP contribution in [-0.2, 0) is 7.05 Å². The van der Waals surface area contributed by atoms with E-state index in [1.165, 1.54) is 22.2 Å². The van der Waals surface area contributed by atoms with Crippen molar-refractivity contribution in [1.82, 2.24) is 9.55 Å². The zero-order valence-electron chi connectivity index (χ0n) is 10.0. The summed E-state index contributed by atoms with van der Waals surface area (Å²) in [5.41, 5.74) is 6.10. The van der Waals surface area contributed by atoms with Gasteiger partial charge in [0.15, 0.2) is 0 Å². The summed E-state index contributed by atoms with van der Waals surface area (Å²) >= 11 is 0. The van der Waals surface area contributed by atoms with Crippen LogP contribution in [0.15, 0.2) is 48.8 Å². The molecule has 2 aromatic carbocycles. The van der Waals surface area contributed by atoms with Gasteiger partial charge in [-0.15, -0.1) is 0 Å². The predicted molar refractivity (Wildman–Crippen MR) is 70.9 cm³/mol. The highest BCUT2D eigenvalue weighted by atomic mass is 15.0. The number of aryl methyl sites for hydroxylation is 2. The minimum absolute atomic E-state index is 1.06. The van der Waals surface area contributed by atoms with Crippen LogP contribution in [0.5, 0.6) is 0 Å². The van der Waals surface area contributed by atoms with Crippen molar-refractivity contribution in [2.75, 3.05) is 0 Å². The van der Waals surface area contributed by atoms with Gasteiger partial charge in [-0.2, -0.15) is 0 Å². The first-order chi connectivity index (χ1) is 8.27. The quantitative estimate of drug-likeness (QED) is 0.615. The zero-order chi connectivity index (χ0) is 11.8. The number of benzene rings is 2. The van der Waals surface area contributed by atoms with Crippen LogP contribution >= 0.6 is 0 Å². The third-order valence-electron chi connectivity index (χ3n) is 3.22. The van der Waals surface area contributed by atoms with Crippen molar-refractivity contribution in [2.24, 2.45) is 7.05 Å². The molecule has 0 aliphatic carbocycles. The SMILES string of the molecule is Cc1c(-c2ccccc2)ccc2ncn(C)c12. The average molecular weight is 222 g/mol. The van der Waals surface area contributed by atoms with Gasteiger partial charge in [0.1, 0.15) is 0 Å². The van der Waals surface area contributed by atoms with Gasteiger partial charge in [0.05, 0.1) is 17.4 Å². The van der Waals surface area contributed by atoms with Crippen molar-refractivity contribution in [3.05, 3.63) is 54.4 Å². The van der Waals surface area contributed by atoms with Crippen LogP contribution in [-0.4, -0.2) is 9.55 Å². The molecule has 3 aromatic rings. The van der Waals surface area contributed by atoms with E-state index in [2.05, 4.69) is 52.9 Å². The fraction of sp³-hybridized carbons (Fsp3) is 0.133.